The lowest BCUT2D eigenvalue weighted by molar-refractivity contribution is -0.193. The molecule has 0 aliphatic carbocycles. The van der Waals surface area contributed by atoms with Gasteiger partial charge < -0.3 is 9.80 Å². The summed E-state index contributed by atoms with van der Waals surface area (Å²) < 4.78 is 55.0. The van der Waals surface area contributed by atoms with E-state index in [1.165, 1.54) is 11.5 Å². The Bertz CT molecular complexity index is 613. The van der Waals surface area contributed by atoms with E-state index < -0.39 is 18.3 Å². The van der Waals surface area contributed by atoms with Gasteiger partial charge in [0.2, 0.25) is 5.13 Å². The van der Waals surface area contributed by atoms with Crippen LogP contribution >= 0.6 is 11.5 Å². The maximum absolute atomic E-state index is 13.3. The molecule has 0 bridgehead atoms. The highest BCUT2D eigenvalue weighted by Crippen LogP contribution is 2.29. The molecule has 142 valence electrons. The van der Waals surface area contributed by atoms with Gasteiger partial charge in [-0.1, -0.05) is 20.8 Å². The summed E-state index contributed by atoms with van der Waals surface area (Å²) in [6.45, 7) is 6.12. The lowest BCUT2D eigenvalue weighted by Gasteiger charge is -2.38. The van der Waals surface area contributed by atoms with Gasteiger partial charge >= 0.3 is 6.18 Å². The van der Waals surface area contributed by atoms with Crippen LogP contribution in [0.15, 0.2) is 0 Å². The van der Waals surface area contributed by atoms with E-state index in [1.807, 2.05) is 25.7 Å². The van der Waals surface area contributed by atoms with Gasteiger partial charge in [0.15, 0.2) is 0 Å². The highest BCUT2D eigenvalue weighted by molar-refractivity contribution is 7.09. The van der Waals surface area contributed by atoms with Crippen molar-refractivity contribution in [1.29, 1.82) is 0 Å². The van der Waals surface area contributed by atoms with Gasteiger partial charge in [0, 0.05) is 43.1 Å². The quantitative estimate of drug-likeness (QED) is 0.754. The van der Waals surface area contributed by atoms with Crippen molar-refractivity contribution in [3.05, 3.63) is 5.82 Å². The summed E-state index contributed by atoms with van der Waals surface area (Å²) >= 11 is 1.21. The summed E-state index contributed by atoms with van der Waals surface area (Å²) in [6.07, 6.45) is -7.44. The Morgan fingerprint density at radius 3 is 2.52 bits per heavy atom. The first-order chi connectivity index (χ1) is 11.4. The SMILES string of the molecule is CN(c1nc(C(C)(C)C)ns1)C1CCCN(C(=O)C(F)C(F)(F)F)C1. The van der Waals surface area contributed by atoms with Gasteiger partial charge in [-0.3, -0.25) is 4.79 Å². The van der Waals surface area contributed by atoms with E-state index in [0.717, 1.165) is 4.90 Å². The normalized spacial score (nSPS) is 20.5. The molecule has 0 saturated carbocycles. The van der Waals surface area contributed by atoms with Crippen molar-refractivity contribution in [2.24, 2.45) is 0 Å². The van der Waals surface area contributed by atoms with E-state index in [-0.39, 0.29) is 24.5 Å². The summed E-state index contributed by atoms with van der Waals surface area (Å²) in [5, 5.41) is 0.636. The lowest BCUT2D eigenvalue weighted by atomic mass is 9.96. The average Bonchev–Trinajstić information content (AvgIpc) is 3.02. The maximum Gasteiger partial charge on any atom is 0.428 e. The number of hydrogen-bond acceptors (Lipinski definition) is 5. The third kappa shape index (κ3) is 4.59. The number of hydrogen-bond donors (Lipinski definition) is 0. The number of anilines is 1. The number of carbonyl (C=O) groups is 1. The Balaban J connectivity index is 2.08. The van der Waals surface area contributed by atoms with Crippen LogP contribution in [0.25, 0.3) is 0 Å². The minimum atomic E-state index is -5.17. The van der Waals surface area contributed by atoms with Crippen molar-refractivity contribution in [3.8, 4) is 0 Å². The van der Waals surface area contributed by atoms with Crippen molar-refractivity contribution in [2.45, 2.75) is 57.4 Å². The molecule has 1 saturated heterocycles. The molecular weight excluding hydrogens is 360 g/mol. The number of carbonyl (C=O) groups excluding carboxylic acids is 1. The highest BCUT2D eigenvalue weighted by Gasteiger charge is 2.48. The summed E-state index contributed by atoms with van der Waals surface area (Å²) in [6, 6.07) is -0.223. The van der Waals surface area contributed by atoms with Crippen LogP contribution in [-0.4, -0.2) is 58.7 Å². The number of rotatable bonds is 3. The molecular formula is C15H22F4N4OS. The van der Waals surface area contributed by atoms with E-state index in [4.69, 9.17) is 0 Å². The molecule has 5 nitrogen and oxygen atoms in total. The van der Waals surface area contributed by atoms with Crippen molar-refractivity contribution in [1.82, 2.24) is 14.3 Å². The van der Waals surface area contributed by atoms with E-state index in [1.54, 1.807) is 7.05 Å². The zero-order valence-corrected chi connectivity index (χ0v) is 15.4. The largest absolute Gasteiger partial charge is 0.428 e. The Kier molecular flexibility index (Phi) is 5.60. The molecule has 2 heterocycles. The number of alkyl halides is 4. The number of nitrogens with zero attached hydrogens (tertiary/aromatic N) is 4. The third-order valence-corrected chi connectivity index (χ3v) is 4.95. The molecule has 2 unspecified atom stereocenters. The highest BCUT2D eigenvalue weighted by atomic mass is 32.1. The van der Waals surface area contributed by atoms with Crippen LogP contribution < -0.4 is 4.90 Å². The van der Waals surface area contributed by atoms with Crippen LogP contribution in [0, 0.1) is 0 Å². The Labute approximate surface area is 148 Å². The first-order valence-corrected chi connectivity index (χ1v) is 8.75. The predicted octanol–water partition coefficient (Wildman–Crippen LogP) is 3.16. The second-order valence-electron chi connectivity index (χ2n) is 7.25. The molecule has 0 radical (unpaired) electrons. The first-order valence-electron chi connectivity index (χ1n) is 7.98. The molecule has 0 N–H and O–H groups in total. The van der Waals surface area contributed by atoms with Gasteiger partial charge in [0.25, 0.3) is 12.1 Å². The number of halogens is 4. The molecule has 1 aliphatic rings. The summed E-state index contributed by atoms with van der Waals surface area (Å²) in [4.78, 5) is 19.0. The smallest absolute Gasteiger partial charge is 0.345 e. The van der Waals surface area contributed by atoms with E-state index >= 15 is 0 Å². The first kappa shape index (κ1) is 19.9. The average molecular weight is 382 g/mol. The Morgan fingerprint density at radius 1 is 1.36 bits per heavy atom. The molecule has 0 spiro atoms. The monoisotopic (exact) mass is 382 g/mol. The van der Waals surface area contributed by atoms with E-state index in [9.17, 15) is 22.4 Å². The van der Waals surface area contributed by atoms with Crippen LogP contribution in [0.1, 0.15) is 39.4 Å². The van der Waals surface area contributed by atoms with Crippen LogP contribution in [-0.2, 0) is 10.2 Å². The maximum atomic E-state index is 13.3. The summed E-state index contributed by atoms with van der Waals surface area (Å²) in [5.41, 5.74) is -0.210. The van der Waals surface area contributed by atoms with Gasteiger partial charge in [0.05, 0.1) is 0 Å². The zero-order valence-electron chi connectivity index (χ0n) is 14.6. The molecule has 0 aromatic carbocycles. The fraction of sp³-hybridized carbons (Fsp3) is 0.800. The molecule has 10 heteroatoms. The Morgan fingerprint density at radius 2 is 2.00 bits per heavy atom. The number of likely N-dealkylation sites (tertiary alicyclic amines) is 1. The van der Waals surface area contributed by atoms with Crippen LogP contribution in [0.4, 0.5) is 22.7 Å². The van der Waals surface area contributed by atoms with E-state index in [2.05, 4.69) is 9.36 Å². The summed E-state index contributed by atoms with van der Waals surface area (Å²) in [5.74, 6) is -0.831. The number of piperidine rings is 1. The van der Waals surface area contributed by atoms with Gasteiger partial charge in [0.1, 0.15) is 5.82 Å². The van der Waals surface area contributed by atoms with Gasteiger partial charge in [-0.2, -0.15) is 17.5 Å². The fourth-order valence-electron chi connectivity index (χ4n) is 2.59. The van der Waals surface area contributed by atoms with Crippen molar-refractivity contribution >= 4 is 22.6 Å². The minimum Gasteiger partial charge on any atom is -0.345 e. The minimum absolute atomic E-state index is 0.0380. The fourth-order valence-corrected chi connectivity index (χ4v) is 3.48. The number of likely N-dealkylation sites (N-methyl/N-ethyl adjacent to an activating group) is 1. The van der Waals surface area contributed by atoms with Gasteiger partial charge in [-0.15, -0.1) is 0 Å². The molecule has 25 heavy (non-hydrogen) atoms. The van der Waals surface area contributed by atoms with Crippen molar-refractivity contribution < 1.29 is 22.4 Å². The number of amides is 1. The van der Waals surface area contributed by atoms with Crippen molar-refractivity contribution in [3.63, 3.8) is 0 Å². The second-order valence-corrected chi connectivity index (χ2v) is 7.98. The number of aromatic nitrogens is 2. The van der Waals surface area contributed by atoms with E-state index in [0.29, 0.717) is 23.8 Å². The van der Waals surface area contributed by atoms with Crippen LogP contribution in [0.2, 0.25) is 0 Å². The van der Waals surface area contributed by atoms with Gasteiger partial charge in [-0.25, -0.2) is 9.37 Å². The second kappa shape index (κ2) is 7.05. The molecule has 1 amide bonds. The van der Waals surface area contributed by atoms with Crippen molar-refractivity contribution in [2.75, 3.05) is 25.0 Å². The lowest BCUT2D eigenvalue weighted by Crippen LogP contribution is -2.52. The topological polar surface area (TPSA) is 49.3 Å². The van der Waals surface area contributed by atoms with Crippen LogP contribution in [0.5, 0.6) is 0 Å². The van der Waals surface area contributed by atoms with Gasteiger partial charge in [-0.05, 0) is 12.8 Å². The zero-order chi connectivity index (χ0) is 19.0. The molecule has 2 atom stereocenters. The molecule has 2 rings (SSSR count). The molecule has 1 fully saturated rings. The standard InChI is InChI=1S/C15H22F4N4OS/c1-14(2,3)12-20-13(25-21-12)22(4)9-6-5-7-23(8-9)11(24)10(16)15(17,18)19/h9-10H,5-8H2,1-4H3. The predicted molar refractivity (Wildman–Crippen MR) is 87.6 cm³/mol. The summed E-state index contributed by atoms with van der Waals surface area (Å²) in [7, 11) is 1.77. The molecule has 1 aliphatic heterocycles. The van der Waals surface area contributed by atoms with Crippen LogP contribution in [0.3, 0.4) is 0 Å². The molecule has 1 aromatic rings. The Hall–Kier alpha value is -1.45. The third-order valence-electron chi connectivity index (χ3n) is 4.15. The molecule has 1 aromatic heterocycles.